The molecule has 290 valence electrons. The number of hydrogen-bond acceptors (Lipinski definition) is 7. The summed E-state index contributed by atoms with van der Waals surface area (Å²) in [5.74, 6) is 3.10. The zero-order valence-corrected chi connectivity index (χ0v) is 33.3. The average Bonchev–Trinajstić information content (AvgIpc) is 3.99. The van der Waals surface area contributed by atoms with E-state index in [0.717, 1.165) is 69.4 Å². The van der Waals surface area contributed by atoms with Crippen LogP contribution >= 0.6 is 0 Å². The summed E-state index contributed by atoms with van der Waals surface area (Å²) < 4.78 is 11.4. The SMILES string of the molecule is COC(=O)N[C@H](C(=O)N1CCC[C@H]1c1nc(-c2ccc3c(c2)Oc2ccc(-c4cnc([C@@H]5C=C(C)CN5C(=O)[C@@H](C)C(C)C)[nH]4)cc2C3(C)C)c[nH]1)C(C)C. The molecule has 2 aromatic heterocycles. The standard InChI is InChI=1S/C43H53N7O5/c1-23(2)26(6)40(51)50-22-25(5)17-34(50)39-45-20-31(47-39)27-13-15-35-30(18-27)43(7,8)29-14-12-28(19-36(29)55-35)32-21-44-38(46-32)33-11-10-16-49(33)41(52)37(24(3)4)48-42(53)54-9/h12-15,17-21,23-24,26,33-34,37H,10-11,16,22H2,1-9H3,(H,44,46)(H,45,47)(H,48,53)/t26-,33-,34-,37-/m0/s1. The van der Waals surface area contributed by atoms with E-state index >= 15 is 0 Å². The predicted octanol–water partition coefficient (Wildman–Crippen LogP) is 8.06. The Hall–Kier alpha value is -5.39. The first kappa shape index (κ1) is 37.9. The fraction of sp³-hybridized carbons (Fsp3) is 0.465. The number of amides is 3. The number of nitrogens with one attached hydrogen (secondary N) is 3. The van der Waals surface area contributed by atoms with Crippen molar-refractivity contribution in [3.05, 3.63) is 83.2 Å². The van der Waals surface area contributed by atoms with Crippen molar-refractivity contribution in [1.29, 1.82) is 0 Å². The van der Waals surface area contributed by atoms with Crippen LogP contribution in [0.4, 0.5) is 4.79 Å². The van der Waals surface area contributed by atoms with Crippen LogP contribution in [-0.4, -0.2) is 73.9 Å². The number of imidazole rings is 2. The van der Waals surface area contributed by atoms with Crippen LogP contribution in [0, 0.1) is 17.8 Å². The lowest BCUT2D eigenvalue weighted by Crippen LogP contribution is -2.51. The molecule has 0 unspecified atom stereocenters. The van der Waals surface area contributed by atoms with Crippen LogP contribution in [0.15, 0.2) is 60.4 Å². The van der Waals surface area contributed by atoms with Crippen LogP contribution in [-0.2, 0) is 19.7 Å². The summed E-state index contributed by atoms with van der Waals surface area (Å²) in [6.45, 7) is 17.7. The molecule has 0 saturated carbocycles. The van der Waals surface area contributed by atoms with Crippen molar-refractivity contribution in [2.24, 2.45) is 17.8 Å². The number of aromatic amines is 2. The Balaban J connectivity index is 1.10. The number of benzene rings is 2. The van der Waals surface area contributed by atoms with Crippen LogP contribution in [0.25, 0.3) is 22.5 Å². The molecule has 0 spiro atoms. The lowest BCUT2D eigenvalue weighted by atomic mass is 9.75. The van der Waals surface area contributed by atoms with Crippen molar-refractivity contribution in [2.75, 3.05) is 20.2 Å². The number of nitrogens with zero attached hydrogens (tertiary/aromatic N) is 4. The third kappa shape index (κ3) is 7.02. The van der Waals surface area contributed by atoms with Gasteiger partial charge in [-0.25, -0.2) is 14.8 Å². The van der Waals surface area contributed by atoms with E-state index in [2.05, 4.69) is 74.2 Å². The summed E-state index contributed by atoms with van der Waals surface area (Å²) in [7, 11) is 1.29. The normalized spacial score (nSPS) is 19.8. The fourth-order valence-corrected chi connectivity index (χ4v) is 8.07. The van der Waals surface area contributed by atoms with E-state index < -0.39 is 12.1 Å². The number of aromatic nitrogens is 4. The first-order valence-corrected chi connectivity index (χ1v) is 19.4. The van der Waals surface area contributed by atoms with E-state index in [0.29, 0.717) is 18.9 Å². The Morgan fingerprint density at radius 3 is 2.44 bits per heavy atom. The second-order valence-corrected chi connectivity index (χ2v) is 16.5. The lowest BCUT2D eigenvalue weighted by molar-refractivity contribution is -0.137. The van der Waals surface area contributed by atoms with Gasteiger partial charge in [-0.3, -0.25) is 9.59 Å². The van der Waals surface area contributed by atoms with E-state index in [1.54, 1.807) is 0 Å². The Kier molecular flexibility index (Phi) is 10.1. The summed E-state index contributed by atoms with van der Waals surface area (Å²) in [5.41, 5.74) is 6.45. The molecular weight excluding hydrogens is 695 g/mol. The molecule has 4 aromatic rings. The highest BCUT2D eigenvalue weighted by Gasteiger charge is 2.39. The van der Waals surface area contributed by atoms with Gasteiger partial charge in [-0.05, 0) is 55.9 Å². The molecule has 3 aliphatic heterocycles. The van der Waals surface area contributed by atoms with Crippen LogP contribution in [0.5, 0.6) is 11.5 Å². The molecule has 3 aliphatic rings. The predicted molar refractivity (Wildman–Crippen MR) is 210 cm³/mol. The topological polar surface area (TPSA) is 146 Å². The maximum Gasteiger partial charge on any atom is 0.407 e. The molecule has 3 N–H and O–H groups in total. The minimum absolute atomic E-state index is 0.0724. The second-order valence-electron chi connectivity index (χ2n) is 16.5. The van der Waals surface area contributed by atoms with Gasteiger partial charge >= 0.3 is 6.09 Å². The zero-order chi connectivity index (χ0) is 39.3. The van der Waals surface area contributed by atoms with Crippen LogP contribution < -0.4 is 10.1 Å². The van der Waals surface area contributed by atoms with E-state index in [1.165, 1.54) is 7.11 Å². The van der Waals surface area contributed by atoms with Gasteiger partial charge in [0.25, 0.3) is 0 Å². The molecule has 1 fully saturated rings. The summed E-state index contributed by atoms with van der Waals surface area (Å²) in [4.78, 5) is 59.4. The first-order valence-electron chi connectivity index (χ1n) is 19.4. The summed E-state index contributed by atoms with van der Waals surface area (Å²) in [5, 5.41) is 2.71. The van der Waals surface area contributed by atoms with E-state index in [9.17, 15) is 14.4 Å². The molecule has 0 bridgehead atoms. The average molecular weight is 748 g/mol. The number of rotatable bonds is 9. The van der Waals surface area contributed by atoms with Crippen molar-refractivity contribution in [2.45, 2.75) is 91.8 Å². The number of methoxy groups -OCH3 is 1. The Labute approximate surface area is 323 Å². The molecule has 2 aromatic carbocycles. The van der Waals surface area contributed by atoms with Gasteiger partial charge in [0.1, 0.15) is 35.2 Å². The molecule has 55 heavy (non-hydrogen) atoms. The van der Waals surface area contributed by atoms with E-state index in [1.807, 2.05) is 61.2 Å². The molecule has 3 amide bonds. The van der Waals surface area contributed by atoms with Crippen molar-refractivity contribution in [3.8, 4) is 34.0 Å². The van der Waals surface area contributed by atoms with Crippen molar-refractivity contribution >= 4 is 17.9 Å². The van der Waals surface area contributed by atoms with Gasteiger partial charge < -0.3 is 34.6 Å². The minimum Gasteiger partial charge on any atom is -0.457 e. The van der Waals surface area contributed by atoms with Crippen LogP contribution in [0.3, 0.4) is 0 Å². The maximum absolute atomic E-state index is 13.6. The summed E-state index contributed by atoms with van der Waals surface area (Å²) >= 11 is 0. The molecule has 7 rings (SSSR count). The number of carbonyl (C=O) groups excluding carboxylic acids is 3. The third-order valence-electron chi connectivity index (χ3n) is 11.7. The van der Waals surface area contributed by atoms with Gasteiger partial charge in [0, 0.05) is 52.9 Å². The number of hydrogen-bond donors (Lipinski definition) is 3. The molecule has 1 saturated heterocycles. The van der Waals surface area contributed by atoms with Crippen LogP contribution in [0.1, 0.15) is 103 Å². The highest BCUT2D eigenvalue weighted by atomic mass is 16.5. The molecule has 12 heteroatoms. The van der Waals surface area contributed by atoms with Crippen LogP contribution in [0.2, 0.25) is 0 Å². The van der Waals surface area contributed by atoms with Gasteiger partial charge in [0.05, 0.1) is 30.7 Å². The number of carbonyl (C=O) groups is 3. The van der Waals surface area contributed by atoms with Gasteiger partial charge in [0.2, 0.25) is 11.8 Å². The fourth-order valence-electron chi connectivity index (χ4n) is 8.07. The maximum atomic E-state index is 13.6. The first-order chi connectivity index (χ1) is 26.2. The number of ether oxygens (including phenoxy) is 2. The quantitative estimate of drug-likeness (QED) is 0.147. The second kappa shape index (κ2) is 14.7. The van der Waals surface area contributed by atoms with Crippen molar-refractivity contribution in [3.63, 3.8) is 0 Å². The molecular formula is C43H53N7O5. The molecule has 4 atom stereocenters. The smallest absolute Gasteiger partial charge is 0.407 e. The molecule has 12 nitrogen and oxygen atoms in total. The molecule has 0 aliphatic carbocycles. The Morgan fingerprint density at radius 1 is 0.945 bits per heavy atom. The van der Waals surface area contributed by atoms with Gasteiger partial charge in [-0.2, -0.15) is 0 Å². The molecule has 0 radical (unpaired) electrons. The van der Waals surface area contributed by atoms with E-state index in [-0.39, 0.29) is 47.1 Å². The minimum atomic E-state index is -0.695. The highest BCUT2D eigenvalue weighted by Crippen LogP contribution is 2.50. The van der Waals surface area contributed by atoms with Gasteiger partial charge in [-0.1, -0.05) is 72.2 Å². The van der Waals surface area contributed by atoms with Gasteiger partial charge in [-0.15, -0.1) is 0 Å². The number of alkyl carbamates (subject to hydrolysis) is 1. The Morgan fingerprint density at radius 2 is 1.71 bits per heavy atom. The monoisotopic (exact) mass is 747 g/mol. The number of likely N-dealkylation sites (tertiary alicyclic amines) is 1. The lowest BCUT2D eigenvalue weighted by Gasteiger charge is -2.35. The highest BCUT2D eigenvalue weighted by molar-refractivity contribution is 5.86. The largest absolute Gasteiger partial charge is 0.457 e. The van der Waals surface area contributed by atoms with Gasteiger partial charge in [0.15, 0.2) is 0 Å². The summed E-state index contributed by atoms with van der Waals surface area (Å²) in [6.07, 6.45) is 6.85. The van der Waals surface area contributed by atoms with E-state index in [4.69, 9.17) is 19.4 Å². The molecule has 5 heterocycles. The zero-order valence-electron chi connectivity index (χ0n) is 33.3. The number of H-pyrrole nitrogens is 2. The Bertz CT molecular complexity index is 2150. The summed E-state index contributed by atoms with van der Waals surface area (Å²) in [6, 6.07) is 11.3. The third-order valence-corrected chi connectivity index (χ3v) is 11.7. The van der Waals surface area contributed by atoms with Crippen molar-refractivity contribution < 1.29 is 23.9 Å². The van der Waals surface area contributed by atoms with Crippen molar-refractivity contribution in [1.82, 2.24) is 35.1 Å². The number of fused-ring (bicyclic) bond motifs is 2.